The van der Waals surface area contributed by atoms with Crippen molar-refractivity contribution in [1.82, 2.24) is 10.1 Å². The van der Waals surface area contributed by atoms with Crippen LogP contribution in [0.1, 0.15) is 42.5 Å². The molecule has 0 aliphatic carbocycles. The molecule has 0 saturated carbocycles. The third-order valence-electron chi connectivity index (χ3n) is 5.42. The summed E-state index contributed by atoms with van der Waals surface area (Å²) >= 11 is 0. The normalized spacial score (nSPS) is 16.2. The number of nitrogens with zero attached hydrogens (tertiary/aromatic N) is 3. The Kier molecular flexibility index (Phi) is 5.65. The Morgan fingerprint density at radius 2 is 2.00 bits per heavy atom. The summed E-state index contributed by atoms with van der Waals surface area (Å²) in [5.74, 6) is -0.617. The van der Waals surface area contributed by atoms with Crippen molar-refractivity contribution in [3.63, 3.8) is 0 Å². The van der Waals surface area contributed by atoms with Gasteiger partial charge in [-0.3, -0.25) is 4.99 Å². The molecule has 0 fully saturated rings. The SMILES string of the molecule is CCc1noc2c1-c1cnc(N)c(c1)OC(C)c1cc(F)cc(F)c1C(N)=C(C=NC)C2. The second kappa shape index (κ2) is 8.41. The highest BCUT2D eigenvalue weighted by atomic mass is 19.1. The minimum absolute atomic E-state index is 0.0360. The van der Waals surface area contributed by atoms with E-state index < -0.39 is 17.7 Å². The van der Waals surface area contributed by atoms with E-state index in [1.165, 1.54) is 12.3 Å². The maximum absolute atomic E-state index is 15.0. The first-order valence-electron chi connectivity index (χ1n) is 10.1. The summed E-state index contributed by atoms with van der Waals surface area (Å²) in [6.07, 6.45) is 3.17. The second-order valence-electron chi connectivity index (χ2n) is 7.50. The first-order valence-corrected chi connectivity index (χ1v) is 10.1. The summed E-state index contributed by atoms with van der Waals surface area (Å²) in [5.41, 5.74) is 15.5. The van der Waals surface area contributed by atoms with Gasteiger partial charge >= 0.3 is 0 Å². The topological polar surface area (TPSA) is 113 Å². The molecule has 166 valence electrons. The summed E-state index contributed by atoms with van der Waals surface area (Å²) in [5, 5.41) is 4.18. The molecule has 2 bridgehead atoms. The van der Waals surface area contributed by atoms with Gasteiger partial charge in [-0.1, -0.05) is 12.1 Å². The van der Waals surface area contributed by atoms with Gasteiger partial charge in [-0.15, -0.1) is 0 Å². The molecule has 1 unspecified atom stereocenters. The number of rotatable bonds is 2. The number of benzene rings is 1. The third kappa shape index (κ3) is 3.70. The molecule has 0 radical (unpaired) electrons. The summed E-state index contributed by atoms with van der Waals surface area (Å²) in [6.45, 7) is 3.62. The highest BCUT2D eigenvalue weighted by Crippen LogP contribution is 2.38. The summed E-state index contributed by atoms with van der Waals surface area (Å²) < 4.78 is 40.8. The summed E-state index contributed by atoms with van der Waals surface area (Å²) in [7, 11) is 1.58. The highest BCUT2D eigenvalue weighted by molar-refractivity contribution is 5.91. The van der Waals surface area contributed by atoms with E-state index in [0.717, 1.165) is 17.3 Å². The average molecular weight is 439 g/mol. The number of pyridine rings is 1. The lowest BCUT2D eigenvalue weighted by Crippen LogP contribution is -2.15. The lowest BCUT2D eigenvalue weighted by atomic mass is 9.93. The molecule has 9 heteroatoms. The van der Waals surface area contributed by atoms with Gasteiger partial charge in [-0.25, -0.2) is 13.8 Å². The zero-order valence-electron chi connectivity index (χ0n) is 17.9. The van der Waals surface area contributed by atoms with E-state index in [4.69, 9.17) is 20.7 Å². The van der Waals surface area contributed by atoms with Crippen molar-refractivity contribution < 1.29 is 18.0 Å². The molecule has 3 heterocycles. The molecule has 3 aromatic rings. The van der Waals surface area contributed by atoms with Crippen LogP contribution in [0.2, 0.25) is 0 Å². The number of fused-ring (bicyclic) bond motifs is 5. The van der Waals surface area contributed by atoms with Crippen LogP contribution < -0.4 is 16.2 Å². The molecular formula is C23H23F2N5O2. The number of aliphatic imine (C=N–C) groups is 1. The van der Waals surface area contributed by atoms with Crippen LogP contribution in [-0.2, 0) is 12.8 Å². The zero-order valence-corrected chi connectivity index (χ0v) is 17.9. The Labute approximate surface area is 183 Å². The smallest absolute Gasteiger partial charge is 0.166 e. The quantitative estimate of drug-likeness (QED) is 0.578. The van der Waals surface area contributed by atoms with Crippen LogP contribution in [0.25, 0.3) is 16.8 Å². The fourth-order valence-corrected chi connectivity index (χ4v) is 3.89. The molecule has 1 atom stereocenters. The molecule has 7 nitrogen and oxygen atoms in total. The number of allylic oxidation sites excluding steroid dienone is 1. The van der Waals surface area contributed by atoms with E-state index in [-0.39, 0.29) is 34.8 Å². The van der Waals surface area contributed by atoms with Crippen molar-refractivity contribution in [2.24, 2.45) is 10.7 Å². The van der Waals surface area contributed by atoms with E-state index in [9.17, 15) is 4.39 Å². The van der Waals surface area contributed by atoms with Gasteiger partial charge in [0.05, 0.1) is 5.69 Å². The van der Waals surface area contributed by atoms with Crippen LogP contribution in [-0.4, -0.2) is 23.4 Å². The molecule has 2 aromatic heterocycles. The van der Waals surface area contributed by atoms with Crippen LogP contribution >= 0.6 is 0 Å². The van der Waals surface area contributed by atoms with Crippen LogP contribution in [0.5, 0.6) is 5.75 Å². The largest absolute Gasteiger partial charge is 0.482 e. The monoisotopic (exact) mass is 439 g/mol. The average Bonchev–Trinajstić information content (AvgIpc) is 3.16. The van der Waals surface area contributed by atoms with Crippen molar-refractivity contribution in [1.29, 1.82) is 0 Å². The maximum atomic E-state index is 15.0. The Hall–Kier alpha value is -3.75. The van der Waals surface area contributed by atoms with Crippen molar-refractivity contribution in [2.45, 2.75) is 32.8 Å². The number of nitrogens with two attached hydrogens (primary N) is 2. The van der Waals surface area contributed by atoms with Gasteiger partial charge in [0.2, 0.25) is 0 Å². The molecule has 0 saturated heterocycles. The molecule has 1 aliphatic heterocycles. The van der Waals surface area contributed by atoms with Crippen LogP contribution in [0, 0.1) is 11.6 Å². The molecule has 0 spiro atoms. The highest BCUT2D eigenvalue weighted by Gasteiger charge is 2.26. The number of aryl methyl sites for hydroxylation is 1. The number of anilines is 1. The molecule has 1 aromatic carbocycles. The number of hydrogen-bond donors (Lipinski definition) is 2. The van der Waals surface area contributed by atoms with Gasteiger partial charge in [-0.2, -0.15) is 0 Å². The maximum Gasteiger partial charge on any atom is 0.166 e. The molecule has 4 N–H and O–H groups in total. The number of nitrogen functional groups attached to an aromatic ring is 1. The van der Waals surface area contributed by atoms with Gasteiger partial charge in [-0.05, 0) is 25.5 Å². The Bertz CT molecular complexity index is 1250. The number of ether oxygens (including phenoxy) is 1. The van der Waals surface area contributed by atoms with E-state index in [0.29, 0.717) is 23.3 Å². The predicted octanol–water partition coefficient (Wildman–Crippen LogP) is 4.23. The molecule has 4 rings (SSSR count). The lowest BCUT2D eigenvalue weighted by Gasteiger charge is -2.22. The first-order chi connectivity index (χ1) is 15.3. The number of hydrogen-bond acceptors (Lipinski definition) is 7. The van der Waals surface area contributed by atoms with E-state index in [2.05, 4.69) is 15.1 Å². The second-order valence-corrected chi connectivity index (χ2v) is 7.50. The minimum Gasteiger partial charge on any atom is -0.482 e. The van der Waals surface area contributed by atoms with Crippen LogP contribution in [0.4, 0.5) is 14.6 Å². The Balaban J connectivity index is 2.07. The van der Waals surface area contributed by atoms with Gasteiger partial charge in [0.15, 0.2) is 11.6 Å². The summed E-state index contributed by atoms with van der Waals surface area (Å²) in [4.78, 5) is 8.32. The molecule has 1 aliphatic rings. The predicted molar refractivity (Wildman–Crippen MR) is 118 cm³/mol. The zero-order chi connectivity index (χ0) is 23.0. The van der Waals surface area contributed by atoms with E-state index >= 15 is 4.39 Å². The fraction of sp³-hybridized carbons (Fsp3) is 0.261. The van der Waals surface area contributed by atoms with Gasteiger partial charge in [0.1, 0.15) is 23.5 Å². The molecule has 32 heavy (non-hydrogen) atoms. The van der Waals surface area contributed by atoms with Crippen molar-refractivity contribution in [3.05, 3.63) is 64.2 Å². The van der Waals surface area contributed by atoms with E-state index in [1.54, 1.807) is 26.2 Å². The molecule has 0 amide bonds. The van der Waals surface area contributed by atoms with Gasteiger partial charge in [0, 0.05) is 65.5 Å². The van der Waals surface area contributed by atoms with Gasteiger partial charge in [0.25, 0.3) is 0 Å². The van der Waals surface area contributed by atoms with Crippen LogP contribution in [0.3, 0.4) is 0 Å². The van der Waals surface area contributed by atoms with Crippen molar-refractivity contribution in [2.75, 3.05) is 12.8 Å². The van der Waals surface area contributed by atoms with Crippen LogP contribution in [0.15, 0.2) is 39.5 Å². The first kappa shape index (κ1) is 21.5. The fourth-order valence-electron chi connectivity index (χ4n) is 3.89. The summed E-state index contributed by atoms with van der Waals surface area (Å²) in [6, 6.07) is 3.72. The van der Waals surface area contributed by atoms with Crippen molar-refractivity contribution in [3.8, 4) is 16.9 Å². The Morgan fingerprint density at radius 3 is 2.72 bits per heavy atom. The third-order valence-corrected chi connectivity index (χ3v) is 5.42. The van der Waals surface area contributed by atoms with Crippen molar-refractivity contribution >= 4 is 17.7 Å². The molecular weight excluding hydrogens is 416 g/mol. The van der Waals surface area contributed by atoms with E-state index in [1.807, 2.05) is 6.92 Å². The Morgan fingerprint density at radius 1 is 1.22 bits per heavy atom. The minimum atomic E-state index is -0.807. The number of halogens is 2. The number of aromatic nitrogens is 2. The standard InChI is InChI=1S/C23H23F2N5O2/c1-4-17-20-12-5-19(23(27)29-10-12)31-11(2)15-7-14(24)8-16(25)21(15)22(26)13(9-28-3)6-18(20)32-30-17/h5,7-11H,4,6,26H2,1-3H3,(H2,27,29). The lowest BCUT2D eigenvalue weighted by molar-refractivity contribution is 0.226. The van der Waals surface area contributed by atoms with Gasteiger partial charge < -0.3 is 20.7 Å².